The van der Waals surface area contributed by atoms with E-state index >= 15 is 0 Å². The summed E-state index contributed by atoms with van der Waals surface area (Å²) in [5.74, 6) is 0.882. The molecule has 0 fully saturated rings. The summed E-state index contributed by atoms with van der Waals surface area (Å²) in [5, 5.41) is 2.13. The van der Waals surface area contributed by atoms with Crippen LogP contribution in [0.25, 0.3) is 11.1 Å². The minimum absolute atomic E-state index is 0.612. The molecule has 1 heterocycles. The summed E-state index contributed by atoms with van der Waals surface area (Å²) >= 11 is 1.70. The number of benzene rings is 1. The largest absolute Gasteiger partial charge is 0.497 e. The fourth-order valence-corrected chi connectivity index (χ4v) is 2.20. The molecule has 1 aromatic carbocycles. The average molecular weight is 219 g/mol. The van der Waals surface area contributed by atoms with Gasteiger partial charge in [0.25, 0.3) is 0 Å². The van der Waals surface area contributed by atoms with E-state index in [1.807, 2.05) is 12.1 Å². The Labute approximate surface area is 93.3 Å². The number of hydrogen-bond donors (Lipinski definition) is 1. The number of nitrogens with two attached hydrogens (primary N) is 1. The van der Waals surface area contributed by atoms with Gasteiger partial charge in [-0.1, -0.05) is 12.1 Å². The molecule has 0 unspecified atom stereocenters. The highest BCUT2D eigenvalue weighted by molar-refractivity contribution is 7.10. The first kappa shape index (κ1) is 10.2. The molecule has 0 aliphatic carbocycles. The van der Waals surface area contributed by atoms with E-state index in [1.54, 1.807) is 18.4 Å². The third kappa shape index (κ3) is 2.19. The van der Waals surface area contributed by atoms with E-state index in [4.69, 9.17) is 10.5 Å². The van der Waals surface area contributed by atoms with Crippen LogP contribution in [0.3, 0.4) is 0 Å². The van der Waals surface area contributed by atoms with E-state index in [9.17, 15) is 0 Å². The van der Waals surface area contributed by atoms with Crippen molar-refractivity contribution in [2.45, 2.75) is 6.54 Å². The Morgan fingerprint density at radius 1 is 1.20 bits per heavy atom. The van der Waals surface area contributed by atoms with Gasteiger partial charge in [-0.2, -0.15) is 0 Å². The first-order valence-corrected chi connectivity index (χ1v) is 5.63. The van der Waals surface area contributed by atoms with Crippen molar-refractivity contribution in [3.05, 3.63) is 40.6 Å². The lowest BCUT2D eigenvalue weighted by atomic mass is 10.1. The summed E-state index contributed by atoms with van der Waals surface area (Å²) in [5.41, 5.74) is 8.00. The minimum Gasteiger partial charge on any atom is -0.497 e. The lowest BCUT2D eigenvalue weighted by Gasteiger charge is -2.00. The Kier molecular flexibility index (Phi) is 3.04. The van der Waals surface area contributed by atoms with E-state index in [-0.39, 0.29) is 0 Å². The lowest BCUT2D eigenvalue weighted by Crippen LogP contribution is -1.91. The Morgan fingerprint density at radius 3 is 2.47 bits per heavy atom. The van der Waals surface area contributed by atoms with Crippen molar-refractivity contribution in [2.75, 3.05) is 7.11 Å². The highest BCUT2D eigenvalue weighted by atomic mass is 32.1. The van der Waals surface area contributed by atoms with Crippen LogP contribution in [0.2, 0.25) is 0 Å². The number of rotatable bonds is 3. The van der Waals surface area contributed by atoms with Crippen molar-refractivity contribution in [1.29, 1.82) is 0 Å². The average Bonchev–Trinajstić information content (AvgIpc) is 2.78. The van der Waals surface area contributed by atoms with E-state index < -0.39 is 0 Å². The van der Waals surface area contributed by atoms with Crippen LogP contribution >= 0.6 is 11.3 Å². The Morgan fingerprint density at radius 2 is 1.93 bits per heavy atom. The first-order valence-electron chi connectivity index (χ1n) is 4.75. The van der Waals surface area contributed by atoms with Crippen molar-refractivity contribution >= 4 is 11.3 Å². The summed E-state index contributed by atoms with van der Waals surface area (Å²) < 4.78 is 5.11. The second-order valence-corrected chi connectivity index (χ2v) is 4.23. The van der Waals surface area contributed by atoms with Crippen LogP contribution < -0.4 is 10.5 Å². The van der Waals surface area contributed by atoms with Gasteiger partial charge in [-0.3, -0.25) is 0 Å². The standard InChI is InChI=1S/C12H13NOS/c1-14-11-4-2-9(3-5-11)10-6-12(7-13)15-8-10/h2-6,8H,7,13H2,1H3. The molecule has 3 heteroatoms. The molecule has 2 aromatic rings. The first-order chi connectivity index (χ1) is 7.33. The van der Waals surface area contributed by atoms with Crippen LogP contribution in [0.4, 0.5) is 0 Å². The van der Waals surface area contributed by atoms with Crippen molar-refractivity contribution in [3.8, 4) is 16.9 Å². The molecule has 0 amide bonds. The molecule has 2 nitrogen and oxygen atoms in total. The zero-order chi connectivity index (χ0) is 10.7. The molecule has 0 bridgehead atoms. The summed E-state index contributed by atoms with van der Waals surface area (Å²) in [7, 11) is 1.67. The Hall–Kier alpha value is -1.32. The normalized spacial score (nSPS) is 10.3. The molecule has 15 heavy (non-hydrogen) atoms. The predicted octanol–water partition coefficient (Wildman–Crippen LogP) is 2.88. The fraction of sp³-hybridized carbons (Fsp3) is 0.167. The topological polar surface area (TPSA) is 35.2 Å². The zero-order valence-corrected chi connectivity index (χ0v) is 9.38. The lowest BCUT2D eigenvalue weighted by molar-refractivity contribution is 0.415. The van der Waals surface area contributed by atoms with Gasteiger partial charge >= 0.3 is 0 Å². The van der Waals surface area contributed by atoms with Gasteiger partial charge in [0.15, 0.2) is 0 Å². The number of thiophene rings is 1. The number of methoxy groups -OCH3 is 1. The van der Waals surface area contributed by atoms with Gasteiger partial charge in [-0.25, -0.2) is 0 Å². The maximum Gasteiger partial charge on any atom is 0.118 e. The van der Waals surface area contributed by atoms with Crippen LogP contribution in [0, 0.1) is 0 Å². The van der Waals surface area contributed by atoms with E-state index in [0.29, 0.717) is 6.54 Å². The predicted molar refractivity (Wildman–Crippen MR) is 64.2 cm³/mol. The number of ether oxygens (including phenoxy) is 1. The molecule has 0 aliphatic rings. The molecule has 0 aliphatic heterocycles. The third-order valence-corrected chi connectivity index (χ3v) is 3.24. The van der Waals surface area contributed by atoms with E-state index in [2.05, 4.69) is 23.6 Å². The molecule has 0 radical (unpaired) electrons. The maximum absolute atomic E-state index is 5.58. The molecule has 78 valence electrons. The molecule has 0 saturated carbocycles. The fourth-order valence-electron chi connectivity index (χ4n) is 1.42. The SMILES string of the molecule is COc1ccc(-c2csc(CN)c2)cc1. The van der Waals surface area contributed by atoms with Crippen LogP contribution in [-0.4, -0.2) is 7.11 Å². The summed E-state index contributed by atoms with van der Waals surface area (Å²) in [4.78, 5) is 1.21. The van der Waals surface area contributed by atoms with E-state index in [0.717, 1.165) is 5.75 Å². The van der Waals surface area contributed by atoms with Gasteiger partial charge in [0, 0.05) is 11.4 Å². The third-order valence-electron chi connectivity index (χ3n) is 2.28. The number of hydrogen-bond acceptors (Lipinski definition) is 3. The zero-order valence-electron chi connectivity index (χ0n) is 8.57. The summed E-state index contributed by atoms with van der Waals surface area (Å²) in [6.07, 6.45) is 0. The molecule has 2 rings (SSSR count). The Bertz CT molecular complexity index is 433. The highest BCUT2D eigenvalue weighted by Gasteiger charge is 2.01. The highest BCUT2D eigenvalue weighted by Crippen LogP contribution is 2.26. The van der Waals surface area contributed by atoms with Gasteiger partial charge in [-0.15, -0.1) is 11.3 Å². The second-order valence-electron chi connectivity index (χ2n) is 3.23. The van der Waals surface area contributed by atoms with Gasteiger partial charge in [0.2, 0.25) is 0 Å². The van der Waals surface area contributed by atoms with Gasteiger partial charge in [0.05, 0.1) is 7.11 Å². The van der Waals surface area contributed by atoms with Crippen molar-refractivity contribution in [2.24, 2.45) is 5.73 Å². The molecule has 1 aromatic heterocycles. The van der Waals surface area contributed by atoms with Crippen LogP contribution in [-0.2, 0) is 6.54 Å². The van der Waals surface area contributed by atoms with Gasteiger partial charge in [-0.05, 0) is 34.7 Å². The van der Waals surface area contributed by atoms with Crippen LogP contribution in [0.15, 0.2) is 35.7 Å². The minimum atomic E-state index is 0.612. The summed E-state index contributed by atoms with van der Waals surface area (Å²) in [6.45, 7) is 0.612. The second kappa shape index (κ2) is 4.47. The quantitative estimate of drug-likeness (QED) is 0.861. The summed E-state index contributed by atoms with van der Waals surface area (Å²) in [6, 6.07) is 10.2. The Balaban J connectivity index is 2.28. The smallest absolute Gasteiger partial charge is 0.118 e. The monoisotopic (exact) mass is 219 g/mol. The van der Waals surface area contributed by atoms with Crippen molar-refractivity contribution in [3.63, 3.8) is 0 Å². The molecule has 0 spiro atoms. The molecular weight excluding hydrogens is 206 g/mol. The van der Waals surface area contributed by atoms with Crippen LogP contribution in [0.1, 0.15) is 4.88 Å². The molecular formula is C12H13NOS. The molecule has 2 N–H and O–H groups in total. The van der Waals surface area contributed by atoms with Crippen molar-refractivity contribution < 1.29 is 4.74 Å². The van der Waals surface area contributed by atoms with Crippen LogP contribution in [0.5, 0.6) is 5.75 Å². The van der Waals surface area contributed by atoms with E-state index in [1.165, 1.54) is 16.0 Å². The molecule has 0 atom stereocenters. The van der Waals surface area contributed by atoms with Crippen molar-refractivity contribution in [1.82, 2.24) is 0 Å². The van der Waals surface area contributed by atoms with Gasteiger partial charge < -0.3 is 10.5 Å². The van der Waals surface area contributed by atoms with Gasteiger partial charge in [0.1, 0.15) is 5.75 Å². The maximum atomic E-state index is 5.58. The molecule has 0 saturated heterocycles.